The van der Waals surface area contributed by atoms with Crippen LogP contribution >= 0.6 is 0 Å². The Labute approximate surface area is 165 Å². The fraction of sp³-hybridized carbons (Fsp3) is 0.227. The van der Waals surface area contributed by atoms with Crippen molar-refractivity contribution in [2.24, 2.45) is 4.99 Å². The van der Waals surface area contributed by atoms with Gasteiger partial charge >= 0.3 is 0 Å². The van der Waals surface area contributed by atoms with Gasteiger partial charge in [-0.05, 0) is 47.9 Å². The predicted molar refractivity (Wildman–Crippen MR) is 112 cm³/mol. The van der Waals surface area contributed by atoms with Gasteiger partial charge in [-0.3, -0.25) is 4.99 Å². The molecule has 0 aliphatic carbocycles. The maximum atomic E-state index is 12.9. The lowest BCUT2D eigenvalue weighted by Crippen LogP contribution is -2.35. The van der Waals surface area contributed by atoms with E-state index < -0.39 is 10.0 Å². The molecule has 0 atom stereocenters. The first-order valence-corrected chi connectivity index (χ1v) is 10.8. The van der Waals surface area contributed by atoms with E-state index in [4.69, 9.17) is 0 Å². The normalized spacial score (nSPS) is 16.0. The van der Waals surface area contributed by atoms with Gasteiger partial charge < -0.3 is 5.11 Å². The number of aliphatic imine (C=N–C) groups is 1. The number of sulfonamides is 1. The van der Waals surface area contributed by atoms with E-state index in [0.29, 0.717) is 24.3 Å². The molecule has 5 nitrogen and oxygen atoms in total. The molecule has 0 aromatic heterocycles. The van der Waals surface area contributed by atoms with Crippen molar-refractivity contribution in [1.82, 2.24) is 4.31 Å². The molecule has 1 N–H and O–H groups in total. The summed E-state index contributed by atoms with van der Waals surface area (Å²) in [5, 5.41) is 12.1. The lowest BCUT2D eigenvalue weighted by molar-refractivity contribution is 0.346. The van der Waals surface area contributed by atoms with Crippen molar-refractivity contribution in [1.29, 1.82) is 0 Å². The van der Waals surface area contributed by atoms with E-state index >= 15 is 0 Å². The predicted octanol–water partition coefficient (Wildman–Crippen LogP) is 4.47. The lowest BCUT2D eigenvalue weighted by atomic mass is 10.0. The number of nitrogens with zero attached hydrogens (tertiary/aromatic N) is 2. The first-order valence-electron chi connectivity index (χ1n) is 9.41. The average Bonchev–Trinajstić information content (AvgIpc) is 2.74. The van der Waals surface area contributed by atoms with Crippen LogP contribution in [0.2, 0.25) is 0 Å². The summed E-state index contributed by atoms with van der Waals surface area (Å²) in [6, 6.07) is 17.9. The lowest BCUT2D eigenvalue weighted by Gasteiger charge is -2.25. The van der Waals surface area contributed by atoms with Crippen LogP contribution < -0.4 is 0 Å². The Morgan fingerprint density at radius 2 is 1.71 bits per heavy atom. The van der Waals surface area contributed by atoms with E-state index in [0.717, 1.165) is 30.0 Å². The Morgan fingerprint density at radius 3 is 2.54 bits per heavy atom. The molecular weight excluding hydrogens is 372 g/mol. The molecule has 1 aliphatic rings. The number of benzene rings is 3. The summed E-state index contributed by atoms with van der Waals surface area (Å²) in [6.07, 6.45) is 4.46. The molecule has 4 rings (SSSR count). The van der Waals surface area contributed by atoms with Crippen LogP contribution in [0.25, 0.3) is 10.8 Å². The molecule has 0 saturated carbocycles. The number of phenolic OH excluding ortho intramolecular Hbond substituents is 1. The highest BCUT2D eigenvalue weighted by molar-refractivity contribution is 7.89. The Balaban J connectivity index is 1.67. The summed E-state index contributed by atoms with van der Waals surface area (Å²) in [5.41, 5.74) is 1.15. The molecule has 1 aliphatic heterocycles. The van der Waals surface area contributed by atoms with Gasteiger partial charge in [-0.25, -0.2) is 8.42 Å². The number of fused-ring (bicyclic) bond motifs is 1. The largest absolute Gasteiger partial charge is 0.507 e. The fourth-order valence-electron chi connectivity index (χ4n) is 3.54. The van der Waals surface area contributed by atoms with E-state index in [1.165, 1.54) is 0 Å². The van der Waals surface area contributed by atoms with Crippen molar-refractivity contribution in [3.8, 4) is 5.75 Å². The Kier molecular flexibility index (Phi) is 5.15. The minimum atomic E-state index is -3.50. The summed E-state index contributed by atoms with van der Waals surface area (Å²) in [4.78, 5) is 4.69. The third-order valence-electron chi connectivity index (χ3n) is 5.06. The highest BCUT2D eigenvalue weighted by Gasteiger charge is 2.25. The van der Waals surface area contributed by atoms with Crippen LogP contribution in [0.4, 0.5) is 5.69 Å². The van der Waals surface area contributed by atoms with Crippen molar-refractivity contribution in [2.45, 2.75) is 24.2 Å². The molecule has 1 fully saturated rings. The zero-order valence-electron chi connectivity index (χ0n) is 15.5. The minimum absolute atomic E-state index is 0.138. The van der Waals surface area contributed by atoms with Crippen LogP contribution in [0.5, 0.6) is 5.75 Å². The summed E-state index contributed by atoms with van der Waals surface area (Å²) >= 11 is 0. The van der Waals surface area contributed by atoms with Crippen LogP contribution in [-0.2, 0) is 10.0 Å². The summed E-state index contributed by atoms with van der Waals surface area (Å²) in [6.45, 7) is 1.14. The maximum absolute atomic E-state index is 12.9. The molecule has 0 spiro atoms. The van der Waals surface area contributed by atoms with Crippen molar-refractivity contribution in [2.75, 3.05) is 13.1 Å². The molecule has 0 bridgehead atoms. The van der Waals surface area contributed by atoms with Gasteiger partial charge in [0, 0.05) is 24.9 Å². The van der Waals surface area contributed by atoms with Crippen LogP contribution in [-0.4, -0.2) is 37.1 Å². The zero-order valence-corrected chi connectivity index (χ0v) is 16.3. The van der Waals surface area contributed by atoms with Gasteiger partial charge in [0.1, 0.15) is 5.75 Å². The van der Waals surface area contributed by atoms with Crippen molar-refractivity contribution >= 4 is 32.7 Å². The van der Waals surface area contributed by atoms with E-state index in [9.17, 15) is 13.5 Å². The summed E-state index contributed by atoms with van der Waals surface area (Å²) < 4.78 is 27.3. The molecule has 0 radical (unpaired) electrons. The molecule has 3 aromatic rings. The minimum Gasteiger partial charge on any atom is -0.507 e. The first kappa shape index (κ1) is 18.7. The SMILES string of the molecule is O=S(=O)(c1cccc(N=Cc2c(O)ccc3ccccc23)c1)N1CCCCC1. The number of rotatable bonds is 4. The molecule has 6 heteroatoms. The van der Waals surface area contributed by atoms with Crippen LogP contribution in [0.3, 0.4) is 0 Å². The summed E-state index contributed by atoms with van der Waals surface area (Å²) in [7, 11) is -3.50. The molecule has 1 saturated heterocycles. The first-order chi connectivity index (χ1) is 13.6. The molecule has 144 valence electrons. The Hall–Kier alpha value is -2.70. The summed E-state index contributed by atoms with van der Waals surface area (Å²) in [5.74, 6) is 0.138. The molecular formula is C22H22N2O3S. The van der Waals surface area contributed by atoms with Crippen molar-refractivity contribution in [3.05, 3.63) is 66.2 Å². The number of piperidine rings is 1. The number of phenols is 1. The molecule has 1 heterocycles. The number of hydrogen-bond acceptors (Lipinski definition) is 4. The number of hydrogen-bond donors (Lipinski definition) is 1. The second-order valence-corrected chi connectivity index (χ2v) is 8.88. The van der Waals surface area contributed by atoms with Gasteiger partial charge in [0.2, 0.25) is 10.0 Å². The quantitative estimate of drug-likeness (QED) is 0.664. The maximum Gasteiger partial charge on any atom is 0.243 e. The third-order valence-corrected chi connectivity index (χ3v) is 6.96. The Bertz CT molecular complexity index is 1130. The molecule has 0 unspecified atom stereocenters. The van der Waals surface area contributed by atoms with Gasteiger partial charge in [0.25, 0.3) is 0 Å². The van der Waals surface area contributed by atoms with Gasteiger partial charge in [0.05, 0.1) is 10.6 Å². The van der Waals surface area contributed by atoms with Gasteiger partial charge in [-0.2, -0.15) is 4.31 Å². The Morgan fingerprint density at radius 1 is 0.929 bits per heavy atom. The number of aromatic hydroxyl groups is 1. The van der Waals surface area contributed by atoms with Crippen LogP contribution in [0, 0.1) is 0 Å². The average molecular weight is 394 g/mol. The van der Waals surface area contributed by atoms with Crippen molar-refractivity contribution in [3.63, 3.8) is 0 Å². The zero-order chi connectivity index (χ0) is 19.6. The van der Waals surface area contributed by atoms with Gasteiger partial charge in [-0.15, -0.1) is 0 Å². The van der Waals surface area contributed by atoms with Gasteiger partial charge in [0.15, 0.2) is 0 Å². The fourth-order valence-corrected chi connectivity index (χ4v) is 5.09. The van der Waals surface area contributed by atoms with E-state index in [-0.39, 0.29) is 10.6 Å². The van der Waals surface area contributed by atoms with E-state index in [1.54, 1.807) is 40.9 Å². The van der Waals surface area contributed by atoms with E-state index in [2.05, 4.69) is 4.99 Å². The molecule has 28 heavy (non-hydrogen) atoms. The second-order valence-electron chi connectivity index (χ2n) is 6.94. The topological polar surface area (TPSA) is 70.0 Å². The standard InChI is InChI=1S/C22H22N2O3S/c25-22-12-11-17-7-2-3-10-20(17)21(22)16-23-18-8-6-9-19(15-18)28(26,27)24-13-4-1-5-14-24/h2-3,6-12,15-16,25H,1,4-5,13-14H2. The highest BCUT2D eigenvalue weighted by Crippen LogP contribution is 2.27. The van der Waals surface area contributed by atoms with Gasteiger partial charge in [-0.1, -0.05) is 42.8 Å². The van der Waals surface area contributed by atoms with Crippen LogP contribution in [0.1, 0.15) is 24.8 Å². The highest BCUT2D eigenvalue weighted by atomic mass is 32.2. The monoisotopic (exact) mass is 394 g/mol. The molecule has 0 amide bonds. The smallest absolute Gasteiger partial charge is 0.243 e. The molecule has 3 aromatic carbocycles. The van der Waals surface area contributed by atoms with E-state index in [1.807, 2.05) is 30.3 Å². The van der Waals surface area contributed by atoms with Crippen molar-refractivity contribution < 1.29 is 13.5 Å². The second kappa shape index (κ2) is 7.73. The van der Waals surface area contributed by atoms with Crippen LogP contribution in [0.15, 0.2) is 70.6 Å². The third kappa shape index (κ3) is 3.66.